The van der Waals surface area contributed by atoms with Crippen molar-refractivity contribution in [1.82, 2.24) is 14.5 Å². The summed E-state index contributed by atoms with van der Waals surface area (Å²) in [6.07, 6.45) is 0.530. The second kappa shape index (κ2) is 8.68. The number of likely N-dealkylation sites (N-methyl/N-ethyl adjacent to an activating group) is 1. The fraction of sp³-hybridized carbons (Fsp3) is 0.591. The molecule has 0 atom stereocenters. The Balaban J connectivity index is 2.71. The van der Waals surface area contributed by atoms with Crippen LogP contribution < -0.4 is 0 Å². The van der Waals surface area contributed by atoms with E-state index in [0.717, 1.165) is 6.07 Å². The van der Waals surface area contributed by atoms with Crippen molar-refractivity contribution in [3.63, 3.8) is 0 Å². The van der Waals surface area contributed by atoms with E-state index >= 15 is 4.39 Å². The Labute approximate surface area is 177 Å². The van der Waals surface area contributed by atoms with E-state index in [1.165, 1.54) is 4.57 Å². The number of fused-ring (bicyclic) bond motifs is 1. The highest BCUT2D eigenvalue weighted by Crippen LogP contribution is 2.34. The lowest BCUT2D eigenvalue weighted by molar-refractivity contribution is 0.235. The van der Waals surface area contributed by atoms with Gasteiger partial charge in [0.25, 0.3) is 0 Å². The topological polar surface area (TPSA) is 66.4 Å². The number of rotatable bonds is 5. The molecule has 2 rings (SSSR count). The third-order valence-corrected chi connectivity index (χ3v) is 4.31. The summed E-state index contributed by atoms with van der Waals surface area (Å²) in [7, 11) is 3.89. The molecule has 0 unspecified atom stereocenters. The minimum Gasteiger partial charge on any atom is -0.479 e. The van der Waals surface area contributed by atoms with E-state index in [9.17, 15) is 9.65 Å². The Bertz CT molecular complexity index is 988. The molecule has 1 aromatic heterocycles. The maximum atomic E-state index is 15.0. The number of hydrogen-bond acceptors (Lipinski definition) is 5. The van der Waals surface area contributed by atoms with Gasteiger partial charge in [-0.15, -0.1) is 0 Å². The molecule has 0 aliphatic carbocycles. The van der Waals surface area contributed by atoms with E-state index in [2.05, 4.69) is 30.7 Å². The number of aromatic nitrogens is 2. The number of halogens is 2. The Hall–Kier alpha value is -2.53. The van der Waals surface area contributed by atoms with Gasteiger partial charge in [0, 0.05) is 18.5 Å². The highest BCUT2D eigenvalue weighted by molar-refractivity contribution is 5.84. The largest absolute Gasteiger partial charge is 0.479 e. The summed E-state index contributed by atoms with van der Waals surface area (Å²) in [4.78, 5) is 10.9. The van der Waals surface area contributed by atoms with Crippen LogP contribution in [0.4, 0.5) is 14.7 Å². The van der Waals surface area contributed by atoms with Crippen LogP contribution in [0.2, 0.25) is 0 Å². The van der Waals surface area contributed by atoms with Crippen LogP contribution in [0.1, 0.15) is 53.5 Å². The van der Waals surface area contributed by atoms with E-state index in [0.29, 0.717) is 25.5 Å². The molecule has 0 saturated carbocycles. The maximum Gasteiger partial charge on any atom is 0.234 e. The molecule has 6 nitrogen and oxygen atoms in total. The average molecular weight is 420 g/mol. The maximum absolute atomic E-state index is 15.0. The summed E-state index contributed by atoms with van der Waals surface area (Å²) in [6, 6.07) is 2.58. The van der Waals surface area contributed by atoms with Crippen molar-refractivity contribution in [3.05, 3.63) is 23.3 Å². The summed E-state index contributed by atoms with van der Waals surface area (Å²) in [6.45, 7) is 12.8. The molecule has 8 heteroatoms. The van der Waals surface area contributed by atoms with Crippen molar-refractivity contribution in [2.75, 3.05) is 27.2 Å². The van der Waals surface area contributed by atoms with E-state index in [-0.39, 0.29) is 28.0 Å². The summed E-state index contributed by atoms with van der Waals surface area (Å²) in [5, 5.41) is 9.18. The van der Waals surface area contributed by atoms with Crippen LogP contribution in [-0.2, 0) is 10.3 Å². The molecule has 2 aromatic rings. The second-order valence-corrected chi connectivity index (χ2v) is 9.84. The molecule has 1 heterocycles. The van der Waals surface area contributed by atoms with Crippen LogP contribution in [0, 0.1) is 28.4 Å². The first-order valence-electron chi connectivity index (χ1n) is 9.90. The predicted octanol–water partition coefficient (Wildman–Crippen LogP) is 4.99. The lowest BCUT2D eigenvalue weighted by atomic mass is 9.92. The van der Waals surface area contributed by atoms with Crippen molar-refractivity contribution in [3.8, 4) is 6.07 Å². The van der Waals surface area contributed by atoms with Crippen LogP contribution in [0.5, 0.6) is 0 Å². The van der Waals surface area contributed by atoms with Gasteiger partial charge >= 0.3 is 0 Å². The highest BCUT2D eigenvalue weighted by Gasteiger charge is 2.28. The summed E-state index contributed by atoms with van der Waals surface area (Å²) >= 11 is 0. The third kappa shape index (κ3) is 5.54. The minimum absolute atomic E-state index is 0.0683. The van der Waals surface area contributed by atoms with Crippen LogP contribution in [-0.4, -0.2) is 47.6 Å². The molecule has 0 fully saturated rings. The molecule has 0 saturated heterocycles. The van der Waals surface area contributed by atoms with Gasteiger partial charge in [0.05, 0.1) is 5.56 Å². The Morgan fingerprint density at radius 1 is 1.23 bits per heavy atom. The summed E-state index contributed by atoms with van der Waals surface area (Å²) < 4.78 is 37.1. The normalized spacial score (nSPS) is 13.2. The SMILES string of the molecule is CN(C)CCO/C(CC(C)(C)C)=N\c1nc2c(F)cc(C#N)c(F)c2n1C(C)(C)C. The molecule has 164 valence electrons. The minimum atomic E-state index is -0.802. The van der Waals surface area contributed by atoms with E-state index < -0.39 is 17.2 Å². The molecule has 1 aromatic carbocycles. The Morgan fingerprint density at radius 3 is 2.37 bits per heavy atom. The number of benzene rings is 1. The average Bonchev–Trinajstić information content (AvgIpc) is 2.96. The fourth-order valence-corrected chi connectivity index (χ4v) is 2.99. The molecule has 0 spiro atoms. The lowest BCUT2D eigenvalue weighted by Gasteiger charge is -2.24. The lowest BCUT2D eigenvalue weighted by Crippen LogP contribution is -2.24. The molecule has 0 aliphatic heterocycles. The first kappa shape index (κ1) is 23.7. The van der Waals surface area contributed by atoms with Gasteiger partial charge < -0.3 is 14.2 Å². The van der Waals surface area contributed by atoms with Gasteiger partial charge in [0.15, 0.2) is 17.5 Å². The standard InChI is InChI=1S/C22H31F2N5O/c1-21(2,3)12-16(30-10-9-28(7)8)26-20-27-18-15(23)11-14(13-25)17(24)19(18)29(20)22(4,5)6/h11H,9-10,12H2,1-8H3/b26-16-. The number of imidazole rings is 1. The monoisotopic (exact) mass is 419 g/mol. The van der Waals surface area contributed by atoms with E-state index in [1.54, 1.807) is 6.07 Å². The van der Waals surface area contributed by atoms with Gasteiger partial charge in [0.2, 0.25) is 5.95 Å². The molecule has 0 aliphatic rings. The molecular weight excluding hydrogens is 388 g/mol. The van der Waals surface area contributed by atoms with Gasteiger partial charge in [-0.1, -0.05) is 20.8 Å². The van der Waals surface area contributed by atoms with Gasteiger partial charge in [0.1, 0.15) is 23.7 Å². The number of hydrogen-bond donors (Lipinski definition) is 0. The Morgan fingerprint density at radius 2 is 1.87 bits per heavy atom. The zero-order valence-corrected chi connectivity index (χ0v) is 19.1. The summed E-state index contributed by atoms with van der Waals surface area (Å²) in [5.41, 5.74) is -1.35. The van der Waals surface area contributed by atoms with Gasteiger partial charge in [-0.05, 0) is 46.3 Å². The molecular formula is C22H31F2N5O. The number of nitriles is 1. The molecule has 0 radical (unpaired) electrons. The van der Waals surface area contributed by atoms with Crippen LogP contribution in [0.3, 0.4) is 0 Å². The van der Waals surface area contributed by atoms with Crippen molar-refractivity contribution < 1.29 is 13.5 Å². The van der Waals surface area contributed by atoms with E-state index in [4.69, 9.17) is 4.74 Å². The molecule has 0 bridgehead atoms. The van der Waals surface area contributed by atoms with Crippen molar-refractivity contribution >= 4 is 22.9 Å². The smallest absolute Gasteiger partial charge is 0.234 e. The predicted molar refractivity (Wildman–Crippen MR) is 115 cm³/mol. The van der Waals surface area contributed by atoms with Crippen LogP contribution >= 0.6 is 0 Å². The van der Waals surface area contributed by atoms with Crippen molar-refractivity contribution in [1.29, 1.82) is 5.26 Å². The first-order valence-corrected chi connectivity index (χ1v) is 9.90. The third-order valence-electron chi connectivity index (χ3n) is 4.31. The Kier molecular flexibility index (Phi) is 6.87. The van der Waals surface area contributed by atoms with Crippen molar-refractivity contribution in [2.45, 2.75) is 53.5 Å². The molecule has 0 amide bonds. The molecule has 30 heavy (non-hydrogen) atoms. The zero-order valence-electron chi connectivity index (χ0n) is 19.1. The van der Waals surface area contributed by atoms with Gasteiger partial charge in [-0.25, -0.2) is 13.8 Å². The van der Waals surface area contributed by atoms with Gasteiger partial charge in [-0.2, -0.15) is 10.3 Å². The van der Waals surface area contributed by atoms with Crippen molar-refractivity contribution in [2.24, 2.45) is 10.4 Å². The highest BCUT2D eigenvalue weighted by atomic mass is 19.1. The van der Waals surface area contributed by atoms with Crippen LogP contribution in [0.15, 0.2) is 11.1 Å². The summed E-state index contributed by atoms with van der Waals surface area (Å²) in [5.74, 6) is -0.960. The van der Waals surface area contributed by atoms with Gasteiger partial charge in [-0.3, -0.25) is 0 Å². The molecule has 0 N–H and O–H groups in total. The van der Waals surface area contributed by atoms with E-state index in [1.807, 2.05) is 39.8 Å². The van der Waals surface area contributed by atoms with Crippen LogP contribution in [0.25, 0.3) is 11.0 Å². The number of ether oxygens (including phenoxy) is 1. The first-order chi connectivity index (χ1) is 13.7. The zero-order chi connectivity index (χ0) is 22.9. The quantitative estimate of drug-likeness (QED) is 0.506. The number of nitrogens with zero attached hydrogens (tertiary/aromatic N) is 5. The fourth-order valence-electron chi connectivity index (χ4n) is 2.99. The number of aliphatic imine (C=N–C) groups is 1. The second-order valence-electron chi connectivity index (χ2n) is 9.84.